The van der Waals surface area contributed by atoms with Crippen LogP contribution in [0.5, 0.6) is 11.5 Å². The average molecular weight is 379 g/mol. The number of methoxy groups -OCH3 is 1. The lowest BCUT2D eigenvalue weighted by atomic mass is 10.1. The quantitative estimate of drug-likeness (QED) is 0.607. The summed E-state index contributed by atoms with van der Waals surface area (Å²) in [6.07, 6.45) is 0.173. The molecule has 0 fully saturated rings. The van der Waals surface area contributed by atoms with Gasteiger partial charge in [0.25, 0.3) is 0 Å². The molecule has 0 saturated carbocycles. The molecular formula is C21H34N2O4. The second-order valence-electron chi connectivity index (χ2n) is 7.84. The van der Waals surface area contributed by atoms with Crippen LogP contribution in [0.1, 0.15) is 66.1 Å². The lowest BCUT2D eigenvalue weighted by Crippen LogP contribution is -2.41. The van der Waals surface area contributed by atoms with Gasteiger partial charge in [0, 0.05) is 12.8 Å². The van der Waals surface area contributed by atoms with Crippen LogP contribution in [0.4, 0.5) is 0 Å². The molecule has 152 valence electrons. The van der Waals surface area contributed by atoms with E-state index in [1.807, 2.05) is 47.6 Å². The van der Waals surface area contributed by atoms with Gasteiger partial charge in [0.15, 0.2) is 11.5 Å². The van der Waals surface area contributed by atoms with Crippen LogP contribution >= 0.6 is 0 Å². The van der Waals surface area contributed by atoms with Crippen molar-refractivity contribution in [1.82, 2.24) is 10.6 Å². The highest BCUT2D eigenvalue weighted by atomic mass is 16.5. The molecule has 0 saturated heterocycles. The van der Waals surface area contributed by atoms with E-state index in [9.17, 15) is 9.59 Å². The normalized spacial score (nSPS) is 11.2. The molecule has 0 unspecified atom stereocenters. The zero-order valence-electron chi connectivity index (χ0n) is 17.6. The van der Waals surface area contributed by atoms with E-state index in [2.05, 4.69) is 10.6 Å². The van der Waals surface area contributed by atoms with Crippen molar-refractivity contribution in [3.8, 4) is 11.5 Å². The van der Waals surface area contributed by atoms with Gasteiger partial charge in [-0.05, 0) is 43.4 Å². The Labute approximate surface area is 163 Å². The van der Waals surface area contributed by atoms with E-state index in [1.54, 1.807) is 19.2 Å². The Morgan fingerprint density at radius 2 is 1.41 bits per heavy atom. The highest BCUT2D eigenvalue weighted by molar-refractivity contribution is 5.79. The minimum Gasteiger partial charge on any atom is -0.493 e. The predicted molar refractivity (Wildman–Crippen MR) is 107 cm³/mol. The van der Waals surface area contributed by atoms with Crippen LogP contribution in [0, 0.1) is 11.8 Å². The van der Waals surface area contributed by atoms with Crippen molar-refractivity contribution in [2.45, 2.75) is 66.7 Å². The largest absolute Gasteiger partial charge is 0.493 e. The van der Waals surface area contributed by atoms with Crippen molar-refractivity contribution < 1.29 is 19.1 Å². The summed E-state index contributed by atoms with van der Waals surface area (Å²) in [6, 6.07) is 5.41. The third-order valence-corrected chi connectivity index (χ3v) is 3.68. The van der Waals surface area contributed by atoms with Gasteiger partial charge in [0.1, 0.15) is 6.17 Å². The monoisotopic (exact) mass is 378 g/mol. The van der Waals surface area contributed by atoms with Crippen molar-refractivity contribution in [2.24, 2.45) is 11.8 Å². The fraction of sp³-hybridized carbons (Fsp3) is 0.619. The Balaban J connectivity index is 3.08. The van der Waals surface area contributed by atoms with Crippen molar-refractivity contribution >= 4 is 11.8 Å². The summed E-state index contributed by atoms with van der Waals surface area (Å²) in [6.45, 7) is 11.8. The van der Waals surface area contributed by atoms with Crippen LogP contribution in [-0.4, -0.2) is 25.0 Å². The fourth-order valence-corrected chi connectivity index (χ4v) is 2.60. The molecule has 0 aliphatic carbocycles. The van der Waals surface area contributed by atoms with Gasteiger partial charge >= 0.3 is 0 Å². The summed E-state index contributed by atoms with van der Waals surface area (Å²) in [4.78, 5) is 24.6. The van der Waals surface area contributed by atoms with E-state index in [-0.39, 0.29) is 29.8 Å². The number of benzene rings is 1. The van der Waals surface area contributed by atoms with Crippen LogP contribution in [-0.2, 0) is 9.59 Å². The average Bonchev–Trinajstić information content (AvgIpc) is 2.52. The van der Waals surface area contributed by atoms with Crippen molar-refractivity contribution in [2.75, 3.05) is 7.11 Å². The lowest BCUT2D eigenvalue weighted by molar-refractivity contribution is -0.125. The van der Waals surface area contributed by atoms with E-state index in [1.165, 1.54) is 0 Å². The molecule has 0 spiro atoms. The zero-order valence-corrected chi connectivity index (χ0v) is 17.6. The summed E-state index contributed by atoms with van der Waals surface area (Å²) in [7, 11) is 1.57. The minimum atomic E-state index is -0.621. The van der Waals surface area contributed by atoms with Gasteiger partial charge in [-0.1, -0.05) is 33.8 Å². The number of carbonyl (C=O) groups is 2. The van der Waals surface area contributed by atoms with Crippen molar-refractivity contribution in [1.29, 1.82) is 0 Å². The van der Waals surface area contributed by atoms with Gasteiger partial charge in [0.05, 0.1) is 13.2 Å². The number of ether oxygens (including phenoxy) is 2. The van der Waals surface area contributed by atoms with Gasteiger partial charge in [-0.2, -0.15) is 0 Å². The van der Waals surface area contributed by atoms with Crippen molar-refractivity contribution in [3.05, 3.63) is 23.8 Å². The minimum absolute atomic E-state index is 0.0111. The summed E-state index contributed by atoms with van der Waals surface area (Å²) in [5.74, 6) is 1.42. The smallest absolute Gasteiger partial charge is 0.222 e. The summed E-state index contributed by atoms with van der Waals surface area (Å²) in [5.41, 5.74) is 0.733. The first-order chi connectivity index (χ1) is 12.6. The van der Waals surface area contributed by atoms with Crippen LogP contribution in [0.25, 0.3) is 0 Å². The molecule has 0 aliphatic rings. The van der Waals surface area contributed by atoms with Gasteiger partial charge in [-0.15, -0.1) is 0 Å². The van der Waals surface area contributed by atoms with Crippen LogP contribution in [0.15, 0.2) is 18.2 Å². The van der Waals surface area contributed by atoms with Crippen LogP contribution < -0.4 is 20.1 Å². The van der Waals surface area contributed by atoms with E-state index >= 15 is 0 Å². The second kappa shape index (κ2) is 10.8. The molecule has 27 heavy (non-hydrogen) atoms. The van der Waals surface area contributed by atoms with E-state index in [0.717, 1.165) is 5.56 Å². The maximum absolute atomic E-state index is 12.3. The van der Waals surface area contributed by atoms with Crippen LogP contribution in [0.3, 0.4) is 0 Å². The molecule has 2 N–H and O–H groups in total. The zero-order chi connectivity index (χ0) is 20.6. The standard InChI is InChI=1S/C21H34N2O4/c1-13(2)10-19(24)22-21(23-20(25)11-14(3)4)16-8-9-17(27-15(5)6)18(12-16)26-7/h8-9,12-15,21H,10-11H2,1-7H3,(H,22,24)(H,23,25). The Morgan fingerprint density at radius 1 is 0.889 bits per heavy atom. The molecule has 1 aromatic rings. The first-order valence-electron chi connectivity index (χ1n) is 9.55. The molecule has 1 rings (SSSR count). The van der Waals surface area contributed by atoms with Crippen molar-refractivity contribution in [3.63, 3.8) is 0 Å². The highest BCUT2D eigenvalue weighted by Crippen LogP contribution is 2.30. The van der Waals surface area contributed by atoms with Crippen LogP contribution in [0.2, 0.25) is 0 Å². The Hall–Kier alpha value is -2.24. The number of nitrogens with one attached hydrogen (secondary N) is 2. The molecule has 6 nitrogen and oxygen atoms in total. The molecule has 1 aromatic carbocycles. The molecule has 0 aliphatic heterocycles. The third-order valence-electron chi connectivity index (χ3n) is 3.68. The number of amides is 2. The molecule has 0 bridgehead atoms. The van der Waals surface area contributed by atoms with Gasteiger partial charge in [-0.3, -0.25) is 9.59 Å². The second-order valence-corrected chi connectivity index (χ2v) is 7.84. The number of rotatable bonds is 10. The third kappa shape index (κ3) is 8.33. The summed E-state index contributed by atoms with van der Waals surface area (Å²) in [5, 5.41) is 5.83. The Kier molecular flexibility index (Phi) is 9.12. The molecule has 0 aromatic heterocycles. The molecule has 6 heteroatoms. The predicted octanol–water partition coefficient (Wildman–Crippen LogP) is 3.81. The number of hydrogen-bond donors (Lipinski definition) is 2. The SMILES string of the molecule is COc1cc(C(NC(=O)CC(C)C)NC(=O)CC(C)C)ccc1OC(C)C. The molecular weight excluding hydrogens is 344 g/mol. The first-order valence-corrected chi connectivity index (χ1v) is 9.55. The first kappa shape index (κ1) is 22.8. The Bertz CT molecular complexity index is 603. The topological polar surface area (TPSA) is 76.7 Å². The molecule has 0 radical (unpaired) electrons. The lowest BCUT2D eigenvalue weighted by Gasteiger charge is -2.23. The van der Waals surface area contributed by atoms with Gasteiger partial charge < -0.3 is 20.1 Å². The van der Waals surface area contributed by atoms with Gasteiger partial charge in [-0.25, -0.2) is 0 Å². The molecule has 0 atom stereocenters. The van der Waals surface area contributed by atoms with E-state index < -0.39 is 6.17 Å². The molecule has 0 heterocycles. The highest BCUT2D eigenvalue weighted by Gasteiger charge is 2.20. The Morgan fingerprint density at radius 3 is 1.81 bits per heavy atom. The maximum atomic E-state index is 12.3. The number of hydrogen-bond acceptors (Lipinski definition) is 4. The summed E-state index contributed by atoms with van der Waals surface area (Å²) < 4.78 is 11.2. The molecule has 2 amide bonds. The maximum Gasteiger partial charge on any atom is 0.222 e. The van der Waals surface area contributed by atoms with Gasteiger partial charge in [0.2, 0.25) is 11.8 Å². The van der Waals surface area contributed by atoms with E-state index in [0.29, 0.717) is 24.3 Å². The number of carbonyl (C=O) groups excluding carboxylic acids is 2. The van der Waals surface area contributed by atoms with E-state index in [4.69, 9.17) is 9.47 Å². The fourth-order valence-electron chi connectivity index (χ4n) is 2.60. The summed E-state index contributed by atoms with van der Waals surface area (Å²) >= 11 is 0.